The summed E-state index contributed by atoms with van der Waals surface area (Å²) in [6.45, 7) is 6.46. The average Bonchev–Trinajstić information content (AvgIpc) is 2.49. The molecule has 1 aromatic heterocycles. The van der Waals surface area contributed by atoms with E-state index in [9.17, 15) is 9.59 Å². The summed E-state index contributed by atoms with van der Waals surface area (Å²) in [6, 6.07) is 8.01. The zero-order valence-corrected chi connectivity index (χ0v) is 13.1. The number of amides is 2. The summed E-state index contributed by atoms with van der Waals surface area (Å²) in [4.78, 5) is 27.3. The third-order valence-electron chi connectivity index (χ3n) is 3.46. The first kappa shape index (κ1) is 15.9. The highest BCUT2D eigenvalue weighted by molar-refractivity contribution is 6.05. The summed E-state index contributed by atoms with van der Waals surface area (Å²) in [7, 11) is 0. The lowest BCUT2D eigenvalue weighted by atomic mass is 9.99. The maximum atomic E-state index is 12.3. The first-order chi connectivity index (χ1) is 10.5. The van der Waals surface area contributed by atoms with Crippen LogP contribution in [-0.4, -0.2) is 29.9 Å². The second kappa shape index (κ2) is 7.02. The molecule has 1 heterocycles. The van der Waals surface area contributed by atoms with E-state index in [1.807, 2.05) is 18.2 Å². The van der Waals surface area contributed by atoms with Gasteiger partial charge in [-0.25, -0.2) is 0 Å². The normalized spacial score (nSPS) is 10.7. The molecule has 0 atom stereocenters. The Morgan fingerprint density at radius 3 is 2.55 bits per heavy atom. The third kappa shape index (κ3) is 3.81. The fraction of sp³-hybridized carbons (Fsp3) is 0.353. The first-order valence-electron chi connectivity index (χ1n) is 7.40. The Morgan fingerprint density at radius 1 is 1.14 bits per heavy atom. The fourth-order valence-electron chi connectivity index (χ4n) is 2.22. The maximum Gasteiger partial charge on any atom is 0.270 e. The predicted molar refractivity (Wildman–Crippen MR) is 86.8 cm³/mol. The molecule has 5 nitrogen and oxygen atoms in total. The molecule has 0 fully saturated rings. The van der Waals surface area contributed by atoms with Crippen LogP contribution in [0.1, 0.15) is 42.7 Å². The zero-order chi connectivity index (χ0) is 16.1. The number of benzene rings is 1. The van der Waals surface area contributed by atoms with Crippen LogP contribution >= 0.6 is 0 Å². The molecule has 0 aliphatic heterocycles. The minimum absolute atomic E-state index is 0.112. The van der Waals surface area contributed by atoms with Crippen molar-refractivity contribution in [2.24, 2.45) is 0 Å². The number of carbonyl (C=O) groups is 2. The van der Waals surface area contributed by atoms with Crippen LogP contribution in [0.4, 0.5) is 0 Å². The summed E-state index contributed by atoms with van der Waals surface area (Å²) >= 11 is 0. The van der Waals surface area contributed by atoms with Gasteiger partial charge in [0.25, 0.3) is 5.91 Å². The van der Waals surface area contributed by atoms with Crippen molar-refractivity contribution in [3.05, 3.63) is 41.7 Å². The summed E-state index contributed by atoms with van der Waals surface area (Å²) < 4.78 is 0. The van der Waals surface area contributed by atoms with Crippen molar-refractivity contribution >= 4 is 22.6 Å². The molecule has 2 N–H and O–H groups in total. The van der Waals surface area contributed by atoms with Crippen molar-refractivity contribution in [3.63, 3.8) is 0 Å². The monoisotopic (exact) mass is 299 g/mol. The molecule has 5 heteroatoms. The molecule has 2 aromatic rings. The number of pyridine rings is 1. The van der Waals surface area contributed by atoms with E-state index in [1.165, 1.54) is 12.5 Å². The smallest absolute Gasteiger partial charge is 0.270 e. The largest absolute Gasteiger partial charge is 0.355 e. The molecule has 2 rings (SSSR count). The van der Waals surface area contributed by atoms with Gasteiger partial charge in [0.1, 0.15) is 5.69 Å². The molecule has 1 aromatic carbocycles. The van der Waals surface area contributed by atoms with E-state index in [0.29, 0.717) is 24.7 Å². The van der Waals surface area contributed by atoms with Gasteiger partial charge in [0, 0.05) is 31.6 Å². The van der Waals surface area contributed by atoms with Crippen LogP contribution in [0.15, 0.2) is 30.5 Å². The van der Waals surface area contributed by atoms with Crippen LogP contribution in [0.5, 0.6) is 0 Å². The maximum absolute atomic E-state index is 12.3. The number of fused-ring (bicyclic) bond motifs is 1. The lowest BCUT2D eigenvalue weighted by Gasteiger charge is -2.10. The van der Waals surface area contributed by atoms with E-state index < -0.39 is 0 Å². The third-order valence-corrected chi connectivity index (χ3v) is 3.46. The topological polar surface area (TPSA) is 71.1 Å². The minimum Gasteiger partial charge on any atom is -0.355 e. The lowest BCUT2D eigenvalue weighted by molar-refractivity contribution is -0.118. The minimum atomic E-state index is -0.225. The number of hydrogen-bond acceptors (Lipinski definition) is 3. The van der Waals surface area contributed by atoms with E-state index in [2.05, 4.69) is 35.5 Å². The van der Waals surface area contributed by atoms with Crippen molar-refractivity contribution in [1.29, 1.82) is 0 Å². The molecule has 0 aliphatic carbocycles. The van der Waals surface area contributed by atoms with Gasteiger partial charge in [-0.3, -0.25) is 14.6 Å². The molecular weight excluding hydrogens is 278 g/mol. The molecule has 2 amide bonds. The zero-order valence-electron chi connectivity index (χ0n) is 13.1. The van der Waals surface area contributed by atoms with Crippen LogP contribution in [0.2, 0.25) is 0 Å². The van der Waals surface area contributed by atoms with Crippen molar-refractivity contribution in [2.45, 2.75) is 26.7 Å². The van der Waals surface area contributed by atoms with Crippen molar-refractivity contribution in [1.82, 2.24) is 15.6 Å². The van der Waals surface area contributed by atoms with Crippen LogP contribution in [0, 0.1) is 0 Å². The van der Waals surface area contributed by atoms with Gasteiger partial charge in [-0.05, 0) is 29.0 Å². The Morgan fingerprint density at radius 2 is 1.86 bits per heavy atom. The molecule has 0 radical (unpaired) electrons. The average molecular weight is 299 g/mol. The second-order valence-electron chi connectivity index (χ2n) is 5.53. The standard InChI is InChI=1S/C17H21N3O2/c1-11(2)14-5-4-13-6-7-19-16(15(13)10-14)17(22)20-9-8-18-12(3)21/h4-7,10-11H,8-9H2,1-3H3,(H,18,21)(H,20,22). The highest BCUT2D eigenvalue weighted by atomic mass is 16.2. The summed E-state index contributed by atoms with van der Waals surface area (Å²) in [5, 5.41) is 7.26. The van der Waals surface area contributed by atoms with Gasteiger partial charge in [-0.2, -0.15) is 0 Å². The number of nitrogens with one attached hydrogen (secondary N) is 2. The van der Waals surface area contributed by atoms with E-state index in [1.54, 1.807) is 6.20 Å². The Labute approximate surface area is 130 Å². The molecule has 0 saturated heterocycles. The molecule has 0 spiro atoms. The second-order valence-corrected chi connectivity index (χ2v) is 5.53. The molecular formula is C17H21N3O2. The van der Waals surface area contributed by atoms with Crippen molar-refractivity contribution < 1.29 is 9.59 Å². The van der Waals surface area contributed by atoms with Gasteiger partial charge in [-0.15, -0.1) is 0 Å². The Balaban J connectivity index is 2.20. The van der Waals surface area contributed by atoms with Crippen molar-refractivity contribution in [2.75, 3.05) is 13.1 Å². The molecule has 0 saturated carbocycles. The summed E-state index contributed by atoms with van der Waals surface area (Å²) in [5.74, 6) is 0.0521. The SMILES string of the molecule is CC(=O)NCCNC(=O)c1nccc2ccc(C(C)C)cc12. The predicted octanol–water partition coefficient (Wildman–Crippen LogP) is 2.22. The number of carbonyl (C=O) groups excluding carboxylic acids is 2. The first-order valence-corrected chi connectivity index (χ1v) is 7.40. The molecule has 0 bridgehead atoms. The van der Waals surface area contributed by atoms with Gasteiger partial charge >= 0.3 is 0 Å². The van der Waals surface area contributed by atoms with Gasteiger partial charge in [0.2, 0.25) is 5.91 Å². The highest BCUT2D eigenvalue weighted by Crippen LogP contribution is 2.23. The van der Waals surface area contributed by atoms with Gasteiger partial charge in [0.05, 0.1) is 0 Å². The van der Waals surface area contributed by atoms with Crippen molar-refractivity contribution in [3.8, 4) is 0 Å². The van der Waals surface area contributed by atoms with Crippen LogP contribution in [0.25, 0.3) is 10.8 Å². The number of aromatic nitrogens is 1. The molecule has 0 aliphatic rings. The number of hydrogen-bond donors (Lipinski definition) is 2. The Hall–Kier alpha value is -2.43. The Bertz CT molecular complexity index is 695. The van der Waals surface area contributed by atoms with Crippen LogP contribution in [-0.2, 0) is 4.79 Å². The summed E-state index contributed by atoms with van der Waals surface area (Å²) in [6.07, 6.45) is 1.64. The van der Waals surface area contributed by atoms with Gasteiger partial charge in [-0.1, -0.05) is 26.0 Å². The molecule has 22 heavy (non-hydrogen) atoms. The van der Waals surface area contributed by atoms with E-state index in [-0.39, 0.29) is 11.8 Å². The van der Waals surface area contributed by atoms with Crippen LogP contribution in [0.3, 0.4) is 0 Å². The number of rotatable bonds is 5. The van der Waals surface area contributed by atoms with Gasteiger partial charge in [0.15, 0.2) is 0 Å². The molecule has 0 unspecified atom stereocenters. The quantitative estimate of drug-likeness (QED) is 0.832. The van der Waals surface area contributed by atoms with Gasteiger partial charge < -0.3 is 10.6 Å². The lowest BCUT2D eigenvalue weighted by Crippen LogP contribution is -2.34. The Kier molecular flexibility index (Phi) is 5.09. The van der Waals surface area contributed by atoms with E-state index >= 15 is 0 Å². The fourth-order valence-corrected chi connectivity index (χ4v) is 2.22. The van der Waals surface area contributed by atoms with Crippen LogP contribution < -0.4 is 10.6 Å². The highest BCUT2D eigenvalue weighted by Gasteiger charge is 2.12. The summed E-state index contributed by atoms with van der Waals surface area (Å²) in [5.41, 5.74) is 1.59. The van der Waals surface area contributed by atoms with E-state index in [0.717, 1.165) is 10.8 Å². The number of nitrogens with zero attached hydrogens (tertiary/aromatic N) is 1. The van der Waals surface area contributed by atoms with E-state index in [4.69, 9.17) is 0 Å². The molecule has 116 valence electrons.